The van der Waals surface area contributed by atoms with Gasteiger partial charge in [0.2, 0.25) is 0 Å². The molecule has 0 aromatic heterocycles. The second-order valence-electron chi connectivity index (χ2n) is 8.00. The first-order chi connectivity index (χ1) is 13.3. The normalized spacial score (nSPS) is 23.9. The molecular weight excluding hydrogens is 334 g/mol. The lowest BCUT2D eigenvalue weighted by molar-refractivity contribution is -0.965. The third kappa shape index (κ3) is 4.57. The fraction of sp³-hybridized carbons (Fsp3) is 0.435. The van der Waals surface area contributed by atoms with Crippen LogP contribution in [0.5, 0.6) is 0 Å². The topological polar surface area (TPSA) is 29.2 Å². The predicted octanol–water partition coefficient (Wildman–Crippen LogP) is 0.275. The molecule has 0 bridgehead atoms. The highest BCUT2D eigenvalue weighted by Gasteiger charge is 2.33. The maximum Gasteiger partial charge on any atom is 0.254 e. The Morgan fingerprint density at radius 1 is 0.852 bits per heavy atom. The van der Waals surface area contributed by atoms with E-state index in [1.54, 1.807) is 9.80 Å². The van der Waals surface area contributed by atoms with Crippen molar-refractivity contribution in [2.75, 3.05) is 39.3 Å². The summed E-state index contributed by atoms with van der Waals surface area (Å²) in [5.41, 5.74) is 2.27. The SMILES string of the molecule is O=C(c1ccccc1)N1CC[NH+](C2CC[NH+](Cc3ccccc3)CC2)CC1. The van der Waals surface area contributed by atoms with Gasteiger partial charge in [0.05, 0.1) is 45.3 Å². The van der Waals surface area contributed by atoms with Crippen LogP contribution in [0.25, 0.3) is 0 Å². The molecule has 0 aliphatic carbocycles. The highest BCUT2D eigenvalue weighted by Crippen LogP contribution is 2.06. The van der Waals surface area contributed by atoms with Crippen LogP contribution in [0.3, 0.4) is 0 Å². The summed E-state index contributed by atoms with van der Waals surface area (Å²) >= 11 is 0. The Hall–Kier alpha value is -2.17. The van der Waals surface area contributed by atoms with E-state index in [2.05, 4.69) is 30.3 Å². The van der Waals surface area contributed by atoms with Gasteiger partial charge in [-0.3, -0.25) is 4.79 Å². The van der Waals surface area contributed by atoms with Crippen molar-refractivity contribution < 1.29 is 14.6 Å². The molecule has 2 saturated heterocycles. The van der Waals surface area contributed by atoms with Crippen LogP contribution in [-0.4, -0.2) is 56.1 Å². The molecular formula is C23H31N3O+2. The molecule has 2 aromatic rings. The molecule has 0 radical (unpaired) electrons. The van der Waals surface area contributed by atoms with Gasteiger partial charge in [-0.1, -0.05) is 48.5 Å². The summed E-state index contributed by atoms with van der Waals surface area (Å²) in [7, 11) is 0. The lowest BCUT2D eigenvalue weighted by Crippen LogP contribution is -3.21. The first kappa shape index (κ1) is 18.2. The molecule has 2 heterocycles. The second-order valence-corrected chi connectivity index (χ2v) is 8.00. The molecule has 2 aromatic carbocycles. The number of piperidine rings is 1. The van der Waals surface area contributed by atoms with Gasteiger partial charge >= 0.3 is 0 Å². The van der Waals surface area contributed by atoms with Crippen molar-refractivity contribution in [2.45, 2.75) is 25.4 Å². The summed E-state index contributed by atoms with van der Waals surface area (Å²) in [5, 5.41) is 0. The van der Waals surface area contributed by atoms with Crippen LogP contribution in [0, 0.1) is 0 Å². The Balaban J connectivity index is 1.23. The number of likely N-dealkylation sites (tertiary alicyclic amines) is 1. The molecule has 0 atom stereocenters. The maximum absolute atomic E-state index is 12.6. The summed E-state index contributed by atoms with van der Waals surface area (Å²) in [5.74, 6) is 0.191. The zero-order valence-corrected chi connectivity index (χ0v) is 16.1. The van der Waals surface area contributed by atoms with Gasteiger partial charge in [0.25, 0.3) is 5.91 Å². The summed E-state index contributed by atoms with van der Waals surface area (Å²) < 4.78 is 0. The minimum atomic E-state index is 0.191. The van der Waals surface area contributed by atoms with Crippen LogP contribution in [0.1, 0.15) is 28.8 Å². The molecule has 2 fully saturated rings. The fourth-order valence-corrected chi connectivity index (χ4v) is 4.66. The first-order valence-corrected chi connectivity index (χ1v) is 10.4. The minimum absolute atomic E-state index is 0.191. The average Bonchev–Trinajstić information content (AvgIpc) is 2.75. The molecule has 4 rings (SSSR count). The molecule has 1 amide bonds. The number of quaternary nitrogens is 2. The molecule has 4 heteroatoms. The number of rotatable bonds is 4. The standard InChI is InChI=1S/C23H29N3O/c27-23(21-9-5-2-6-10-21)26-17-15-25(16-18-26)22-11-13-24(14-12-22)19-20-7-3-1-4-8-20/h1-10,22H,11-19H2/p+2. The third-order valence-corrected chi connectivity index (χ3v) is 6.28. The zero-order valence-electron chi connectivity index (χ0n) is 16.1. The van der Waals surface area contributed by atoms with E-state index in [1.165, 1.54) is 31.5 Å². The number of nitrogens with zero attached hydrogens (tertiary/aromatic N) is 1. The number of hydrogen-bond acceptors (Lipinski definition) is 1. The van der Waals surface area contributed by atoms with Gasteiger partial charge in [0.1, 0.15) is 6.54 Å². The van der Waals surface area contributed by atoms with E-state index in [1.807, 2.05) is 35.2 Å². The number of amides is 1. The lowest BCUT2D eigenvalue weighted by Gasteiger charge is -2.39. The van der Waals surface area contributed by atoms with Gasteiger partial charge in [-0.05, 0) is 12.1 Å². The summed E-state index contributed by atoms with van der Waals surface area (Å²) in [4.78, 5) is 18.1. The second kappa shape index (κ2) is 8.68. The van der Waals surface area contributed by atoms with Gasteiger partial charge in [-0.25, -0.2) is 0 Å². The van der Waals surface area contributed by atoms with E-state index >= 15 is 0 Å². The quantitative estimate of drug-likeness (QED) is 0.801. The Morgan fingerprint density at radius 3 is 2.07 bits per heavy atom. The monoisotopic (exact) mass is 365 g/mol. The number of nitrogens with one attached hydrogen (secondary N) is 2. The average molecular weight is 366 g/mol. The molecule has 2 N–H and O–H groups in total. The van der Waals surface area contributed by atoms with E-state index in [4.69, 9.17) is 0 Å². The van der Waals surface area contributed by atoms with E-state index in [0.29, 0.717) is 0 Å². The predicted molar refractivity (Wildman–Crippen MR) is 107 cm³/mol. The van der Waals surface area contributed by atoms with Gasteiger partial charge in [0, 0.05) is 24.0 Å². The van der Waals surface area contributed by atoms with Crippen molar-refractivity contribution in [1.82, 2.24) is 4.90 Å². The molecule has 27 heavy (non-hydrogen) atoms. The Kier molecular flexibility index (Phi) is 5.85. The van der Waals surface area contributed by atoms with Crippen molar-refractivity contribution in [2.24, 2.45) is 0 Å². The van der Waals surface area contributed by atoms with Crippen LogP contribution in [0.4, 0.5) is 0 Å². The molecule has 0 spiro atoms. The van der Waals surface area contributed by atoms with E-state index in [0.717, 1.165) is 44.3 Å². The van der Waals surface area contributed by atoms with Crippen LogP contribution < -0.4 is 9.80 Å². The number of piperazine rings is 1. The molecule has 4 nitrogen and oxygen atoms in total. The van der Waals surface area contributed by atoms with Crippen molar-refractivity contribution in [3.63, 3.8) is 0 Å². The van der Waals surface area contributed by atoms with Crippen LogP contribution in [0.2, 0.25) is 0 Å². The minimum Gasteiger partial charge on any atom is -0.331 e. The zero-order chi connectivity index (χ0) is 18.5. The maximum atomic E-state index is 12.6. The number of hydrogen-bond donors (Lipinski definition) is 2. The number of carbonyl (C=O) groups excluding carboxylic acids is 1. The van der Waals surface area contributed by atoms with E-state index in [9.17, 15) is 4.79 Å². The van der Waals surface area contributed by atoms with Crippen molar-refractivity contribution >= 4 is 5.91 Å². The van der Waals surface area contributed by atoms with Crippen LogP contribution in [0.15, 0.2) is 60.7 Å². The van der Waals surface area contributed by atoms with Crippen LogP contribution in [-0.2, 0) is 6.54 Å². The van der Waals surface area contributed by atoms with Gasteiger partial charge < -0.3 is 14.7 Å². The van der Waals surface area contributed by atoms with Gasteiger partial charge in [-0.15, -0.1) is 0 Å². The highest BCUT2D eigenvalue weighted by atomic mass is 16.2. The highest BCUT2D eigenvalue weighted by molar-refractivity contribution is 5.94. The molecule has 142 valence electrons. The van der Waals surface area contributed by atoms with Crippen molar-refractivity contribution in [3.05, 3.63) is 71.8 Å². The summed E-state index contributed by atoms with van der Waals surface area (Å²) in [6.45, 7) is 7.67. The molecule has 0 unspecified atom stereocenters. The van der Waals surface area contributed by atoms with Crippen molar-refractivity contribution in [1.29, 1.82) is 0 Å². The Labute approximate surface area is 162 Å². The number of carbonyl (C=O) groups is 1. The number of benzene rings is 2. The first-order valence-electron chi connectivity index (χ1n) is 10.4. The largest absolute Gasteiger partial charge is 0.331 e. The smallest absolute Gasteiger partial charge is 0.254 e. The molecule has 2 aliphatic heterocycles. The fourth-order valence-electron chi connectivity index (χ4n) is 4.66. The Morgan fingerprint density at radius 2 is 1.44 bits per heavy atom. The van der Waals surface area contributed by atoms with Gasteiger partial charge in [-0.2, -0.15) is 0 Å². The lowest BCUT2D eigenvalue weighted by atomic mass is 10.0. The van der Waals surface area contributed by atoms with Gasteiger partial charge in [0.15, 0.2) is 0 Å². The molecule has 0 saturated carbocycles. The van der Waals surface area contributed by atoms with E-state index < -0.39 is 0 Å². The van der Waals surface area contributed by atoms with Crippen LogP contribution >= 0.6 is 0 Å². The molecule has 2 aliphatic rings. The Bertz CT molecular complexity index is 718. The van der Waals surface area contributed by atoms with Crippen molar-refractivity contribution in [3.8, 4) is 0 Å². The third-order valence-electron chi connectivity index (χ3n) is 6.28. The summed E-state index contributed by atoms with van der Waals surface area (Å²) in [6.07, 6.45) is 2.62. The van der Waals surface area contributed by atoms with E-state index in [-0.39, 0.29) is 5.91 Å². The summed E-state index contributed by atoms with van der Waals surface area (Å²) in [6, 6.07) is 21.3.